The van der Waals surface area contributed by atoms with Crippen LogP contribution in [0.25, 0.3) is 0 Å². The minimum atomic E-state index is -0.569. The van der Waals surface area contributed by atoms with E-state index in [1.165, 1.54) is 11.6 Å². The number of nitrogens with one attached hydrogen (secondary N) is 1. The molecule has 31 heavy (non-hydrogen) atoms. The summed E-state index contributed by atoms with van der Waals surface area (Å²) in [6.45, 7) is 5.20. The lowest BCUT2D eigenvalue weighted by Crippen LogP contribution is -2.52. The first kappa shape index (κ1) is 23.3. The fourth-order valence-electron chi connectivity index (χ4n) is 4.07. The van der Waals surface area contributed by atoms with Crippen LogP contribution in [0.15, 0.2) is 48.5 Å². The highest BCUT2D eigenvalue weighted by atomic mass is 35.5. The first-order valence-corrected chi connectivity index (χ1v) is 11.3. The smallest absolute Gasteiger partial charge is 0.245 e. The zero-order valence-corrected chi connectivity index (χ0v) is 18.9. The monoisotopic (exact) mass is 444 g/mol. The molecule has 1 unspecified atom stereocenters. The molecule has 1 heterocycles. The molecule has 0 bridgehead atoms. The normalized spacial score (nSPS) is 15.7. The molecule has 0 aliphatic carbocycles. The second kappa shape index (κ2) is 10.8. The average molecular weight is 445 g/mol. The first-order chi connectivity index (χ1) is 14.8. The van der Waals surface area contributed by atoms with Crippen LogP contribution in [0.5, 0.6) is 0 Å². The molecule has 4 nitrogen and oxygen atoms in total. The van der Waals surface area contributed by atoms with Crippen molar-refractivity contribution < 1.29 is 14.0 Å². The van der Waals surface area contributed by atoms with E-state index in [-0.39, 0.29) is 30.0 Å². The molecule has 1 saturated heterocycles. The molecular formula is C25H30ClFN2O2. The third kappa shape index (κ3) is 6.30. The van der Waals surface area contributed by atoms with E-state index in [2.05, 4.69) is 17.4 Å². The van der Waals surface area contributed by atoms with Crippen LogP contribution in [0.1, 0.15) is 50.2 Å². The second-order valence-corrected chi connectivity index (χ2v) is 8.97. The van der Waals surface area contributed by atoms with Crippen molar-refractivity contribution in [2.75, 3.05) is 13.1 Å². The Labute approximate surface area is 188 Å². The van der Waals surface area contributed by atoms with Gasteiger partial charge in [-0.2, -0.15) is 0 Å². The van der Waals surface area contributed by atoms with Gasteiger partial charge in [-0.05, 0) is 60.4 Å². The van der Waals surface area contributed by atoms with E-state index < -0.39 is 6.04 Å². The molecule has 0 spiro atoms. The summed E-state index contributed by atoms with van der Waals surface area (Å²) in [5, 5.41) is 3.61. The Morgan fingerprint density at radius 3 is 2.35 bits per heavy atom. The third-order valence-electron chi connectivity index (χ3n) is 5.98. The van der Waals surface area contributed by atoms with Gasteiger partial charge in [0.15, 0.2) is 0 Å². The van der Waals surface area contributed by atoms with Crippen LogP contribution >= 0.6 is 11.6 Å². The van der Waals surface area contributed by atoms with Crippen molar-refractivity contribution in [1.29, 1.82) is 0 Å². The van der Waals surface area contributed by atoms with Gasteiger partial charge in [0.05, 0.1) is 0 Å². The first-order valence-electron chi connectivity index (χ1n) is 10.9. The Hall–Kier alpha value is -2.40. The standard InChI is InChI=1S/C25H30ClFN2O2/c1-17(2)24(28-23(30)12-9-20-5-3-4-6-22(20)27)25(31)29-15-13-19(14-16-29)18-7-10-21(26)11-8-18/h3-8,10-11,17,19,24H,9,12-16H2,1-2H3,(H,28,30). The number of nitrogens with zero attached hydrogens (tertiary/aromatic N) is 1. The van der Waals surface area contributed by atoms with E-state index in [1.54, 1.807) is 18.2 Å². The quantitative estimate of drug-likeness (QED) is 0.656. The Balaban J connectivity index is 1.53. The van der Waals surface area contributed by atoms with Gasteiger partial charge in [0.1, 0.15) is 11.9 Å². The van der Waals surface area contributed by atoms with E-state index in [9.17, 15) is 14.0 Å². The van der Waals surface area contributed by atoms with Crippen molar-refractivity contribution in [3.8, 4) is 0 Å². The van der Waals surface area contributed by atoms with Gasteiger partial charge in [0, 0.05) is 24.5 Å². The predicted octanol–water partition coefficient (Wildman–Crippen LogP) is 4.96. The summed E-state index contributed by atoms with van der Waals surface area (Å²) in [6, 6.07) is 13.8. The van der Waals surface area contributed by atoms with Crippen molar-refractivity contribution in [2.24, 2.45) is 5.92 Å². The lowest BCUT2D eigenvalue weighted by molar-refractivity contribution is -0.138. The fourth-order valence-corrected chi connectivity index (χ4v) is 4.20. The summed E-state index contributed by atoms with van der Waals surface area (Å²) >= 11 is 5.98. The average Bonchev–Trinajstić information content (AvgIpc) is 2.77. The molecule has 3 rings (SSSR count). The molecule has 0 radical (unpaired) electrons. The predicted molar refractivity (Wildman–Crippen MR) is 121 cm³/mol. The van der Waals surface area contributed by atoms with Crippen LogP contribution in [-0.2, 0) is 16.0 Å². The number of benzene rings is 2. The van der Waals surface area contributed by atoms with Crippen molar-refractivity contribution >= 4 is 23.4 Å². The Kier molecular flexibility index (Phi) is 8.08. The van der Waals surface area contributed by atoms with Crippen molar-refractivity contribution in [3.63, 3.8) is 0 Å². The van der Waals surface area contributed by atoms with Crippen molar-refractivity contribution in [1.82, 2.24) is 10.2 Å². The maximum atomic E-state index is 13.8. The minimum absolute atomic E-state index is 0.0288. The molecule has 1 aliphatic rings. The van der Waals surface area contributed by atoms with Gasteiger partial charge in [-0.15, -0.1) is 0 Å². The van der Waals surface area contributed by atoms with E-state index >= 15 is 0 Å². The summed E-state index contributed by atoms with van der Waals surface area (Å²) in [5.41, 5.74) is 1.76. The zero-order valence-electron chi connectivity index (χ0n) is 18.1. The topological polar surface area (TPSA) is 49.4 Å². The van der Waals surface area contributed by atoms with Crippen LogP contribution in [0.2, 0.25) is 5.02 Å². The number of carbonyl (C=O) groups excluding carboxylic acids is 2. The molecule has 0 saturated carbocycles. The van der Waals surface area contributed by atoms with Gasteiger partial charge in [-0.3, -0.25) is 9.59 Å². The van der Waals surface area contributed by atoms with Gasteiger partial charge >= 0.3 is 0 Å². The van der Waals surface area contributed by atoms with Crippen molar-refractivity contribution in [3.05, 3.63) is 70.5 Å². The lowest BCUT2D eigenvalue weighted by Gasteiger charge is -2.35. The zero-order chi connectivity index (χ0) is 22.4. The number of rotatable bonds is 7. The molecule has 1 aliphatic heterocycles. The van der Waals surface area contributed by atoms with Crippen LogP contribution in [-0.4, -0.2) is 35.8 Å². The highest BCUT2D eigenvalue weighted by Crippen LogP contribution is 2.29. The summed E-state index contributed by atoms with van der Waals surface area (Å²) < 4.78 is 13.8. The molecule has 6 heteroatoms. The Morgan fingerprint density at radius 2 is 1.74 bits per heavy atom. The maximum Gasteiger partial charge on any atom is 0.245 e. The number of halogens is 2. The third-order valence-corrected chi connectivity index (χ3v) is 6.23. The van der Waals surface area contributed by atoms with Crippen molar-refractivity contribution in [2.45, 2.75) is 51.5 Å². The highest BCUT2D eigenvalue weighted by Gasteiger charge is 2.31. The molecule has 2 aromatic carbocycles. The molecular weight excluding hydrogens is 415 g/mol. The molecule has 0 aromatic heterocycles. The summed E-state index contributed by atoms with van der Waals surface area (Å²) in [6.07, 6.45) is 2.24. The SMILES string of the molecule is CC(C)C(NC(=O)CCc1ccccc1F)C(=O)N1CCC(c2ccc(Cl)cc2)CC1. The molecule has 1 N–H and O–H groups in total. The number of carbonyl (C=O) groups is 2. The van der Waals surface area contributed by atoms with E-state index in [4.69, 9.17) is 11.6 Å². The Bertz CT molecular complexity index is 893. The van der Waals surface area contributed by atoms with Crippen LogP contribution < -0.4 is 5.32 Å². The molecule has 1 atom stereocenters. The van der Waals surface area contributed by atoms with Gasteiger partial charge in [0.2, 0.25) is 11.8 Å². The summed E-state index contributed by atoms with van der Waals surface area (Å²) in [7, 11) is 0. The number of aryl methyl sites for hydroxylation is 1. The number of hydrogen-bond donors (Lipinski definition) is 1. The number of hydrogen-bond acceptors (Lipinski definition) is 2. The van der Waals surface area contributed by atoms with Gasteiger partial charge in [0.25, 0.3) is 0 Å². The molecule has 2 aromatic rings. The van der Waals surface area contributed by atoms with Crippen LogP contribution in [0.4, 0.5) is 4.39 Å². The number of amides is 2. The van der Waals surface area contributed by atoms with E-state index in [0.717, 1.165) is 17.9 Å². The van der Waals surface area contributed by atoms with E-state index in [1.807, 2.05) is 30.9 Å². The Morgan fingerprint density at radius 1 is 1.10 bits per heavy atom. The molecule has 166 valence electrons. The summed E-state index contributed by atoms with van der Waals surface area (Å²) in [5.74, 6) is -0.196. The second-order valence-electron chi connectivity index (χ2n) is 8.53. The summed E-state index contributed by atoms with van der Waals surface area (Å²) in [4.78, 5) is 27.5. The van der Waals surface area contributed by atoms with E-state index in [0.29, 0.717) is 31.0 Å². The lowest BCUT2D eigenvalue weighted by atomic mass is 9.89. The van der Waals surface area contributed by atoms with Gasteiger partial charge in [-0.25, -0.2) is 4.39 Å². The largest absolute Gasteiger partial charge is 0.344 e. The minimum Gasteiger partial charge on any atom is -0.344 e. The maximum absolute atomic E-state index is 13.8. The number of likely N-dealkylation sites (tertiary alicyclic amines) is 1. The van der Waals surface area contributed by atoms with Gasteiger partial charge < -0.3 is 10.2 Å². The van der Waals surface area contributed by atoms with Crippen LogP contribution in [0, 0.1) is 11.7 Å². The molecule has 1 fully saturated rings. The fraction of sp³-hybridized carbons (Fsp3) is 0.440. The molecule has 2 amide bonds. The van der Waals surface area contributed by atoms with Crippen LogP contribution in [0.3, 0.4) is 0 Å². The highest BCUT2D eigenvalue weighted by molar-refractivity contribution is 6.30. The van der Waals surface area contributed by atoms with Gasteiger partial charge in [-0.1, -0.05) is 55.8 Å². The number of piperidine rings is 1.